The summed E-state index contributed by atoms with van der Waals surface area (Å²) in [6.07, 6.45) is 24.7. The highest BCUT2D eigenvalue weighted by atomic mass is 16.2. The summed E-state index contributed by atoms with van der Waals surface area (Å²) in [4.78, 5) is 26.8. The van der Waals surface area contributed by atoms with Gasteiger partial charge in [0.15, 0.2) is 11.6 Å². The first-order chi connectivity index (χ1) is 23.0. The summed E-state index contributed by atoms with van der Waals surface area (Å²) >= 11 is 0. The molecule has 3 nitrogen and oxygen atoms in total. The maximum Gasteiger partial charge on any atom is 0.197 e. The lowest BCUT2D eigenvalue weighted by atomic mass is 9.92. The van der Waals surface area contributed by atoms with E-state index in [0.717, 1.165) is 55.7 Å². The van der Waals surface area contributed by atoms with Crippen LogP contribution in [0.1, 0.15) is 54.1 Å². The highest BCUT2D eigenvalue weighted by Crippen LogP contribution is 2.34. The normalized spacial score (nSPS) is 18.8. The highest BCUT2D eigenvalue weighted by molar-refractivity contribution is 6.41. The van der Waals surface area contributed by atoms with E-state index in [2.05, 4.69) is 55.6 Å². The van der Waals surface area contributed by atoms with Gasteiger partial charge in [-0.25, -0.2) is 0 Å². The van der Waals surface area contributed by atoms with Crippen LogP contribution < -0.4 is 5.73 Å². The topological polar surface area (TPSA) is 60.2 Å². The van der Waals surface area contributed by atoms with Crippen LogP contribution in [0.25, 0.3) is 46.6 Å². The van der Waals surface area contributed by atoms with E-state index in [1.165, 1.54) is 0 Å². The van der Waals surface area contributed by atoms with Crippen LogP contribution in [0.15, 0.2) is 158 Å². The zero-order chi connectivity index (χ0) is 32.8. The molecule has 47 heavy (non-hydrogen) atoms. The molecule has 0 heterocycles. The molecule has 226 valence electrons. The first kappa shape index (κ1) is 30.7. The number of fused-ring (bicyclic) bond motifs is 2. The van der Waals surface area contributed by atoms with E-state index in [1.54, 1.807) is 36.6 Å². The molecule has 0 saturated heterocycles. The fraction of sp³-hybridized carbons (Fsp3) is 0. The van der Waals surface area contributed by atoms with Crippen molar-refractivity contribution < 1.29 is 9.59 Å². The maximum absolute atomic E-state index is 13.4. The van der Waals surface area contributed by atoms with Crippen LogP contribution >= 0.6 is 0 Å². The van der Waals surface area contributed by atoms with E-state index in [9.17, 15) is 9.59 Å². The molecule has 0 radical (unpaired) electrons. The Labute approximate surface area is 275 Å². The lowest BCUT2D eigenvalue weighted by Gasteiger charge is -2.12. The Morgan fingerprint density at radius 3 is 1.89 bits per heavy atom. The van der Waals surface area contributed by atoms with Crippen LogP contribution in [-0.2, 0) is 0 Å². The average molecular weight is 608 g/mol. The fourth-order valence-corrected chi connectivity index (χ4v) is 5.89. The molecule has 0 unspecified atom stereocenters. The first-order valence-electron chi connectivity index (χ1n) is 15.4. The lowest BCUT2D eigenvalue weighted by Crippen LogP contribution is -2.00. The van der Waals surface area contributed by atoms with Crippen LogP contribution in [0.2, 0.25) is 0 Å². The predicted molar refractivity (Wildman–Crippen MR) is 198 cm³/mol. The standard InChI is InChI=1S/C44H33NO2/c1-3-31-27-40-41(28-32(31)4-2)44(47)42(43(40)46)26-30-21-24-37-35(25-30)18-10-7-5-6-9-17-34(22-23-36(37)29-45)39-20-14-13-19-38(39)33-15-11-8-12-16-33/h3-29H,1-2,45H2/b7-5+,9-6-,18-10-,23-22-,34-17-,36-29+. The van der Waals surface area contributed by atoms with Gasteiger partial charge in [0, 0.05) is 17.3 Å². The average Bonchev–Trinajstić information content (AvgIpc) is 3.34. The quantitative estimate of drug-likeness (QED) is 0.181. The van der Waals surface area contributed by atoms with Crippen molar-refractivity contribution in [2.45, 2.75) is 0 Å². The molecular weight excluding hydrogens is 574 g/mol. The molecule has 3 heteroatoms. The number of ketones is 2. The Balaban J connectivity index is 1.39. The molecule has 0 aromatic heterocycles. The molecule has 0 amide bonds. The molecule has 6 rings (SSSR count). The van der Waals surface area contributed by atoms with Crippen LogP contribution in [0.4, 0.5) is 0 Å². The minimum atomic E-state index is -0.293. The summed E-state index contributed by atoms with van der Waals surface area (Å²) in [5.41, 5.74) is 16.4. The Kier molecular flexibility index (Phi) is 8.99. The molecule has 0 fully saturated rings. The second-order valence-corrected chi connectivity index (χ2v) is 11.1. The third-order valence-corrected chi connectivity index (χ3v) is 8.28. The Morgan fingerprint density at radius 2 is 1.21 bits per heavy atom. The van der Waals surface area contributed by atoms with Crippen LogP contribution in [0, 0.1) is 0 Å². The number of carbonyl (C=O) groups excluding carboxylic acids is 2. The predicted octanol–water partition coefficient (Wildman–Crippen LogP) is 10.2. The molecule has 4 aromatic rings. The van der Waals surface area contributed by atoms with Crippen molar-refractivity contribution in [3.63, 3.8) is 0 Å². The molecular formula is C44H33NO2. The van der Waals surface area contributed by atoms with Gasteiger partial charge in [-0.3, -0.25) is 9.59 Å². The van der Waals surface area contributed by atoms with E-state index >= 15 is 0 Å². The number of rotatable bonds is 5. The monoisotopic (exact) mass is 607 g/mol. The number of hydrogen-bond donors (Lipinski definition) is 1. The molecule has 2 N–H and O–H groups in total. The van der Waals surface area contributed by atoms with Crippen molar-refractivity contribution in [3.8, 4) is 11.1 Å². The molecule has 0 bridgehead atoms. The van der Waals surface area contributed by atoms with Gasteiger partial charge in [0.05, 0.1) is 5.57 Å². The van der Waals surface area contributed by atoms with Crippen molar-refractivity contribution in [2.24, 2.45) is 5.73 Å². The van der Waals surface area contributed by atoms with Gasteiger partial charge in [-0.2, -0.15) is 0 Å². The first-order valence-corrected chi connectivity index (χ1v) is 15.4. The van der Waals surface area contributed by atoms with Gasteiger partial charge in [0.2, 0.25) is 0 Å². The van der Waals surface area contributed by atoms with Crippen molar-refractivity contribution in [2.75, 3.05) is 0 Å². The Bertz CT molecular complexity index is 2100. The van der Waals surface area contributed by atoms with E-state index < -0.39 is 0 Å². The number of allylic oxidation sites excluding steroid dienone is 11. The van der Waals surface area contributed by atoms with Crippen molar-refractivity contribution >= 4 is 47.0 Å². The lowest BCUT2D eigenvalue weighted by molar-refractivity contribution is 0.0990. The largest absolute Gasteiger partial charge is 0.404 e. The Morgan fingerprint density at radius 1 is 0.574 bits per heavy atom. The molecule has 0 spiro atoms. The van der Waals surface area contributed by atoms with Crippen molar-refractivity contribution in [1.29, 1.82) is 0 Å². The minimum Gasteiger partial charge on any atom is -0.404 e. The van der Waals surface area contributed by atoms with Crippen LogP contribution in [-0.4, -0.2) is 11.6 Å². The zero-order valence-electron chi connectivity index (χ0n) is 25.9. The smallest absolute Gasteiger partial charge is 0.197 e. The van der Waals surface area contributed by atoms with Gasteiger partial charge < -0.3 is 5.73 Å². The van der Waals surface area contributed by atoms with Gasteiger partial charge in [-0.05, 0) is 79.9 Å². The second kappa shape index (κ2) is 13.8. The van der Waals surface area contributed by atoms with Gasteiger partial charge in [0.1, 0.15) is 0 Å². The van der Waals surface area contributed by atoms with Gasteiger partial charge in [-0.15, -0.1) is 0 Å². The zero-order valence-corrected chi connectivity index (χ0v) is 25.9. The number of carbonyl (C=O) groups is 2. The summed E-state index contributed by atoms with van der Waals surface area (Å²) in [5, 5.41) is 0. The third-order valence-electron chi connectivity index (χ3n) is 8.28. The second-order valence-electron chi connectivity index (χ2n) is 11.1. The van der Waals surface area contributed by atoms with E-state index in [0.29, 0.717) is 11.1 Å². The molecule has 2 aliphatic carbocycles. The maximum atomic E-state index is 13.4. The van der Waals surface area contributed by atoms with Gasteiger partial charge >= 0.3 is 0 Å². The summed E-state index contributed by atoms with van der Waals surface area (Å²) in [5.74, 6) is -0.586. The number of benzene rings is 4. The van der Waals surface area contributed by atoms with Gasteiger partial charge in [0.25, 0.3) is 0 Å². The molecule has 2 aliphatic rings. The van der Waals surface area contributed by atoms with Crippen molar-refractivity contribution in [1.82, 2.24) is 0 Å². The van der Waals surface area contributed by atoms with Crippen LogP contribution in [0.3, 0.4) is 0 Å². The van der Waals surface area contributed by atoms with Crippen molar-refractivity contribution in [3.05, 3.63) is 203 Å². The SMILES string of the molecule is C=Cc1cc2c(cc1C=C)C(=O)C(=Cc1ccc3c(c1)\C=C/C=C/C=C\C=C(c1ccccc1-c1ccccc1)\C=C/C3=C\N)C2=O. The number of nitrogens with two attached hydrogens (primary N) is 1. The van der Waals surface area contributed by atoms with E-state index in [4.69, 9.17) is 5.73 Å². The number of Topliss-reactive ketones (excluding diaryl/α,β-unsaturated/α-hetero) is 2. The molecule has 0 atom stereocenters. The molecule has 0 saturated carbocycles. The van der Waals surface area contributed by atoms with E-state index in [1.807, 2.05) is 85.0 Å². The minimum absolute atomic E-state index is 0.135. The van der Waals surface area contributed by atoms with E-state index in [-0.39, 0.29) is 17.1 Å². The van der Waals surface area contributed by atoms with Crippen LogP contribution in [0.5, 0.6) is 0 Å². The summed E-state index contributed by atoms with van der Waals surface area (Å²) in [7, 11) is 0. The number of hydrogen-bond acceptors (Lipinski definition) is 3. The Hall–Kier alpha value is -6.32. The van der Waals surface area contributed by atoms with Gasteiger partial charge in [-0.1, -0.05) is 147 Å². The third kappa shape index (κ3) is 6.28. The summed E-state index contributed by atoms with van der Waals surface area (Å²) in [6.45, 7) is 7.67. The molecule has 4 aromatic carbocycles. The summed E-state index contributed by atoms with van der Waals surface area (Å²) in [6, 6.07) is 28.0. The molecule has 0 aliphatic heterocycles. The summed E-state index contributed by atoms with van der Waals surface area (Å²) < 4.78 is 0. The fourth-order valence-electron chi connectivity index (χ4n) is 5.89. The highest BCUT2D eigenvalue weighted by Gasteiger charge is 2.33.